The molecule has 0 aliphatic heterocycles. The molecule has 2 rings (SSSR count). The van der Waals surface area contributed by atoms with Crippen molar-refractivity contribution in [1.82, 2.24) is 10.3 Å². The van der Waals surface area contributed by atoms with Gasteiger partial charge in [0.25, 0.3) is 15.9 Å². The first-order valence-electron chi connectivity index (χ1n) is 6.25. The Balaban J connectivity index is 2.10. The second kappa shape index (κ2) is 7.18. The minimum Gasteiger partial charge on any atom is -0.497 e. The van der Waals surface area contributed by atoms with Crippen molar-refractivity contribution in [2.24, 2.45) is 0 Å². The molecular formula is C14H12Cl2N2O4S. The van der Waals surface area contributed by atoms with Gasteiger partial charge in [-0.1, -0.05) is 23.2 Å². The Morgan fingerprint density at radius 3 is 2.30 bits per heavy atom. The lowest BCUT2D eigenvalue weighted by molar-refractivity contribution is 0.0945. The number of carbonyl (C=O) groups excluding carboxylic acids is 1. The highest BCUT2D eigenvalue weighted by molar-refractivity contribution is 7.89. The Bertz CT molecular complexity index is 823. The van der Waals surface area contributed by atoms with Crippen molar-refractivity contribution in [3.05, 3.63) is 58.1 Å². The van der Waals surface area contributed by atoms with E-state index in [1.165, 1.54) is 49.6 Å². The zero-order chi connectivity index (χ0) is 17.0. The van der Waals surface area contributed by atoms with Gasteiger partial charge in [-0.25, -0.2) is 8.42 Å². The molecule has 0 radical (unpaired) electrons. The normalized spacial score (nSPS) is 11.1. The van der Waals surface area contributed by atoms with Crippen LogP contribution in [0.25, 0.3) is 0 Å². The van der Waals surface area contributed by atoms with E-state index in [-0.39, 0.29) is 15.5 Å². The van der Waals surface area contributed by atoms with Crippen molar-refractivity contribution in [3.8, 4) is 5.75 Å². The number of benzene rings is 2. The molecule has 1 amide bonds. The number of methoxy groups -OCH3 is 1. The lowest BCUT2D eigenvalue weighted by atomic mass is 10.2. The zero-order valence-electron chi connectivity index (χ0n) is 11.8. The molecule has 0 unspecified atom stereocenters. The maximum absolute atomic E-state index is 12.1. The molecule has 2 aromatic rings. The monoisotopic (exact) mass is 374 g/mol. The number of ether oxygens (including phenoxy) is 1. The van der Waals surface area contributed by atoms with Crippen molar-refractivity contribution in [3.63, 3.8) is 0 Å². The van der Waals surface area contributed by atoms with E-state index in [4.69, 9.17) is 27.9 Å². The van der Waals surface area contributed by atoms with Crippen LogP contribution in [0.3, 0.4) is 0 Å². The molecule has 0 aliphatic rings. The van der Waals surface area contributed by atoms with Gasteiger partial charge in [-0.3, -0.25) is 10.2 Å². The summed E-state index contributed by atoms with van der Waals surface area (Å²) in [5, 5.41) is 0.476. The summed E-state index contributed by atoms with van der Waals surface area (Å²) >= 11 is 11.6. The second-order valence-corrected chi connectivity index (χ2v) is 6.89. The molecule has 122 valence electrons. The second-order valence-electron chi connectivity index (χ2n) is 4.36. The molecule has 23 heavy (non-hydrogen) atoms. The van der Waals surface area contributed by atoms with Crippen LogP contribution in [0.15, 0.2) is 47.4 Å². The fourth-order valence-electron chi connectivity index (χ4n) is 1.67. The summed E-state index contributed by atoms with van der Waals surface area (Å²) in [4.78, 5) is 13.9. The highest BCUT2D eigenvalue weighted by atomic mass is 35.5. The number of hydrogen-bond donors (Lipinski definition) is 2. The number of carbonyl (C=O) groups is 1. The number of amides is 1. The van der Waals surface area contributed by atoms with Crippen LogP contribution in [0.4, 0.5) is 0 Å². The van der Waals surface area contributed by atoms with Gasteiger partial charge in [-0.2, -0.15) is 0 Å². The summed E-state index contributed by atoms with van der Waals surface area (Å²) in [6, 6.07) is 9.93. The van der Waals surface area contributed by atoms with Crippen LogP contribution in [-0.2, 0) is 10.0 Å². The lowest BCUT2D eigenvalue weighted by Gasteiger charge is -2.10. The maximum Gasteiger partial charge on any atom is 0.267 e. The average molecular weight is 375 g/mol. The minimum atomic E-state index is -3.92. The van der Waals surface area contributed by atoms with E-state index >= 15 is 0 Å². The number of hydrazine groups is 1. The molecule has 2 aromatic carbocycles. The third-order valence-corrected chi connectivity index (χ3v) is 4.66. The van der Waals surface area contributed by atoms with E-state index in [9.17, 15) is 13.2 Å². The van der Waals surface area contributed by atoms with Gasteiger partial charge in [0.05, 0.1) is 22.6 Å². The molecule has 0 saturated carbocycles. The number of rotatable bonds is 5. The summed E-state index contributed by atoms with van der Waals surface area (Å²) in [5.74, 6) is -0.190. The molecule has 9 heteroatoms. The Kier molecular flexibility index (Phi) is 5.48. The van der Waals surface area contributed by atoms with Gasteiger partial charge < -0.3 is 4.74 Å². The largest absolute Gasteiger partial charge is 0.497 e. The van der Waals surface area contributed by atoms with Crippen LogP contribution < -0.4 is 15.0 Å². The van der Waals surface area contributed by atoms with Gasteiger partial charge in [-0.15, -0.1) is 4.83 Å². The molecule has 6 nitrogen and oxygen atoms in total. The molecule has 0 aliphatic carbocycles. The van der Waals surface area contributed by atoms with Crippen LogP contribution >= 0.6 is 23.2 Å². The molecule has 0 aromatic heterocycles. The van der Waals surface area contributed by atoms with E-state index in [1.807, 2.05) is 4.83 Å². The molecule has 0 heterocycles. The number of sulfonamides is 1. The molecule has 0 atom stereocenters. The third kappa shape index (κ3) is 4.35. The maximum atomic E-state index is 12.1. The van der Waals surface area contributed by atoms with Gasteiger partial charge >= 0.3 is 0 Å². The number of nitrogens with one attached hydrogen (secondary N) is 2. The predicted octanol–water partition coefficient (Wildman–Crippen LogP) is 2.63. The summed E-state index contributed by atoms with van der Waals surface area (Å²) in [6.07, 6.45) is 0. The average Bonchev–Trinajstić information content (AvgIpc) is 2.53. The van der Waals surface area contributed by atoms with Crippen LogP contribution in [0.1, 0.15) is 10.4 Å². The van der Waals surface area contributed by atoms with Crippen molar-refractivity contribution in [2.45, 2.75) is 4.90 Å². The fraction of sp³-hybridized carbons (Fsp3) is 0.0714. The Labute approximate surface area is 143 Å². The molecule has 0 spiro atoms. The predicted molar refractivity (Wildman–Crippen MR) is 87.2 cm³/mol. The quantitative estimate of drug-likeness (QED) is 0.787. The van der Waals surface area contributed by atoms with E-state index in [2.05, 4.69) is 5.43 Å². The van der Waals surface area contributed by atoms with E-state index in [0.717, 1.165) is 0 Å². The van der Waals surface area contributed by atoms with Crippen LogP contribution in [-0.4, -0.2) is 21.4 Å². The minimum absolute atomic E-state index is 0.0270. The molecule has 2 N–H and O–H groups in total. The van der Waals surface area contributed by atoms with Crippen LogP contribution in [0.5, 0.6) is 5.75 Å². The van der Waals surface area contributed by atoms with Gasteiger partial charge in [0, 0.05) is 5.02 Å². The van der Waals surface area contributed by atoms with Gasteiger partial charge in [0.1, 0.15) is 5.75 Å². The van der Waals surface area contributed by atoms with Gasteiger partial charge in [0.2, 0.25) is 0 Å². The first-order valence-corrected chi connectivity index (χ1v) is 8.48. The molecule has 0 bridgehead atoms. The van der Waals surface area contributed by atoms with Crippen molar-refractivity contribution in [2.75, 3.05) is 7.11 Å². The van der Waals surface area contributed by atoms with Gasteiger partial charge in [0.15, 0.2) is 0 Å². The summed E-state index contributed by atoms with van der Waals surface area (Å²) in [5.41, 5.74) is 2.18. The summed E-state index contributed by atoms with van der Waals surface area (Å²) in [7, 11) is -2.45. The highest BCUT2D eigenvalue weighted by Crippen LogP contribution is 2.21. The molecular weight excluding hydrogens is 363 g/mol. The van der Waals surface area contributed by atoms with E-state index < -0.39 is 15.9 Å². The van der Waals surface area contributed by atoms with Crippen molar-refractivity contribution >= 4 is 39.1 Å². The highest BCUT2D eigenvalue weighted by Gasteiger charge is 2.17. The third-order valence-electron chi connectivity index (χ3n) is 2.84. The summed E-state index contributed by atoms with van der Waals surface area (Å²) in [6.45, 7) is 0. The standard InChI is InChI=1S/C14H12Cl2N2O4S/c1-22-10-3-5-11(6-4-10)23(20,21)18-17-14(19)12-7-2-9(15)8-13(12)16/h2-8,18H,1H3,(H,17,19). The number of hydrogen-bond acceptors (Lipinski definition) is 4. The Hall–Kier alpha value is -1.80. The zero-order valence-corrected chi connectivity index (χ0v) is 14.2. The first kappa shape index (κ1) is 17.6. The smallest absolute Gasteiger partial charge is 0.267 e. The topological polar surface area (TPSA) is 84.5 Å². The Morgan fingerprint density at radius 2 is 1.74 bits per heavy atom. The fourth-order valence-corrected chi connectivity index (χ4v) is 3.00. The Morgan fingerprint density at radius 1 is 1.09 bits per heavy atom. The molecule has 0 saturated heterocycles. The first-order chi connectivity index (χ1) is 10.8. The lowest BCUT2D eigenvalue weighted by Crippen LogP contribution is -2.41. The SMILES string of the molecule is COc1ccc(S(=O)(=O)NNC(=O)c2ccc(Cl)cc2Cl)cc1. The molecule has 0 fully saturated rings. The summed E-state index contributed by atoms with van der Waals surface area (Å²) < 4.78 is 29.1. The van der Waals surface area contributed by atoms with E-state index in [0.29, 0.717) is 10.8 Å². The van der Waals surface area contributed by atoms with Crippen molar-refractivity contribution < 1.29 is 17.9 Å². The van der Waals surface area contributed by atoms with Crippen molar-refractivity contribution in [1.29, 1.82) is 0 Å². The van der Waals surface area contributed by atoms with E-state index in [1.54, 1.807) is 0 Å². The van der Waals surface area contributed by atoms with Crippen LogP contribution in [0.2, 0.25) is 10.0 Å². The number of halogens is 2. The van der Waals surface area contributed by atoms with Crippen LogP contribution in [0, 0.1) is 0 Å². The van der Waals surface area contributed by atoms with Gasteiger partial charge in [-0.05, 0) is 42.5 Å².